The summed E-state index contributed by atoms with van der Waals surface area (Å²) in [6.07, 6.45) is 0. The molecule has 342 valence electrons. The molecule has 0 saturated carbocycles. The molecular formula is C66H58N4. The quantitative estimate of drug-likeness (QED) is 0.165. The van der Waals surface area contributed by atoms with Crippen molar-refractivity contribution in [1.29, 1.82) is 0 Å². The Balaban J connectivity index is 1.18. The summed E-state index contributed by atoms with van der Waals surface area (Å²) in [5, 5.41) is 10.2. The van der Waals surface area contributed by atoms with E-state index in [1.54, 1.807) is 0 Å². The first-order valence-corrected chi connectivity index (χ1v) is 24.9. The van der Waals surface area contributed by atoms with Gasteiger partial charge in [0.25, 0.3) is 0 Å². The summed E-state index contributed by atoms with van der Waals surface area (Å²) in [5.41, 5.74) is 22.0. The molecule has 0 aliphatic rings. The van der Waals surface area contributed by atoms with E-state index >= 15 is 0 Å². The lowest BCUT2D eigenvalue weighted by molar-refractivity contribution is 0.594. The van der Waals surface area contributed by atoms with Crippen molar-refractivity contribution in [3.05, 3.63) is 203 Å². The molecule has 0 unspecified atom stereocenters. The van der Waals surface area contributed by atoms with Crippen molar-refractivity contribution >= 4 is 110 Å². The Morgan fingerprint density at radius 1 is 0.314 bits per heavy atom. The van der Waals surface area contributed by atoms with Crippen molar-refractivity contribution in [2.24, 2.45) is 0 Å². The van der Waals surface area contributed by atoms with E-state index in [9.17, 15) is 0 Å². The predicted octanol–water partition coefficient (Wildman–Crippen LogP) is 18.8. The first kappa shape index (κ1) is 42.3. The molecule has 0 bridgehead atoms. The number of fused-ring (bicyclic) bond motifs is 12. The summed E-state index contributed by atoms with van der Waals surface area (Å²) in [4.78, 5) is 4.94. The largest absolute Gasteiger partial charge is 0.310 e. The van der Waals surface area contributed by atoms with Crippen molar-refractivity contribution < 1.29 is 0 Å². The first-order valence-electron chi connectivity index (χ1n) is 24.9. The third-order valence-corrected chi connectivity index (χ3v) is 15.3. The second-order valence-electron chi connectivity index (χ2n) is 22.2. The number of aryl methyl sites for hydroxylation is 4. The molecule has 0 N–H and O–H groups in total. The smallest absolute Gasteiger partial charge is 0.0641 e. The van der Waals surface area contributed by atoms with Gasteiger partial charge in [0.15, 0.2) is 0 Å². The number of hydrogen-bond donors (Lipinski definition) is 0. The van der Waals surface area contributed by atoms with Crippen LogP contribution in [0.25, 0.3) is 76.2 Å². The van der Waals surface area contributed by atoms with Gasteiger partial charge in [-0.25, -0.2) is 0 Å². The maximum Gasteiger partial charge on any atom is 0.0641 e. The molecule has 0 spiro atoms. The summed E-state index contributed by atoms with van der Waals surface area (Å²) >= 11 is 0. The third-order valence-electron chi connectivity index (χ3n) is 15.3. The molecule has 4 heteroatoms. The van der Waals surface area contributed by atoms with Crippen molar-refractivity contribution in [3.8, 4) is 0 Å². The van der Waals surface area contributed by atoms with E-state index in [4.69, 9.17) is 0 Å². The van der Waals surface area contributed by atoms with Crippen LogP contribution in [0, 0.1) is 27.7 Å². The molecule has 9 aromatic carbocycles. The van der Waals surface area contributed by atoms with Gasteiger partial charge in [0.1, 0.15) is 0 Å². The molecule has 13 rings (SSSR count). The fourth-order valence-corrected chi connectivity index (χ4v) is 11.9. The van der Waals surface area contributed by atoms with E-state index in [1.165, 1.54) is 121 Å². The number of hydrogen-bond acceptors (Lipinski definition) is 2. The number of nitrogens with zero attached hydrogens (tertiary/aromatic N) is 4. The molecule has 0 aliphatic carbocycles. The van der Waals surface area contributed by atoms with Gasteiger partial charge in [0.05, 0.1) is 44.5 Å². The molecule has 70 heavy (non-hydrogen) atoms. The predicted molar refractivity (Wildman–Crippen MR) is 301 cm³/mol. The van der Waals surface area contributed by atoms with E-state index in [0.29, 0.717) is 0 Å². The van der Waals surface area contributed by atoms with Crippen molar-refractivity contribution in [1.82, 2.24) is 8.80 Å². The molecule has 0 fully saturated rings. The summed E-state index contributed by atoms with van der Waals surface area (Å²) in [5.74, 6) is 0. The summed E-state index contributed by atoms with van der Waals surface area (Å²) in [7, 11) is 0. The Morgan fingerprint density at radius 3 is 0.929 bits per heavy atom. The number of anilines is 6. The van der Waals surface area contributed by atoms with Gasteiger partial charge in [-0.15, -0.1) is 0 Å². The molecular weight excluding hydrogens is 849 g/mol. The van der Waals surface area contributed by atoms with E-state index in [-0.39, 0.29) is 10.8 Å². The molecule has 0 amide bonds. The standard InChI is InChI=1S/C66H58N4/c1-39-17-25-43(26-18-39)67(44-27-19-40(2)20-28-44)55-35-33-47-51-37-58-52(38-57(51)69-61-49(59(55)63(47)69)13-11-15-53(61)65(5,6)7)48-34-36-56(60-50-14-12-16-54(66(8,9)10)62(50)70(58)64(48)60)68(45-29-21-41(3)22-30-45)46-31-23-42(4)24-32-46/h11-38H,1-10H3. The average molecular weight is 907 g/mol. The number of rotatable bonds is 6. The average Bonchev–Trinajstić information content (AvgIpc) is 4.07. The zero-order valence-electron chi connectivity index (χ0n) is 42.0. The second-order valence-corrected chi connectivity index (χ2v) is 22.2. The van der Waals surface area contributed by atoms with Crippen LogP contribution in [0.1, 0.15) is 74.9 Å². The lowest BCUT2D eigenvalue weighted by atomic mass is 9.85. The molecule has 0 saturated heterocycles. The van der Waals surface area contributed by atoms with Gasteiger partial charge in [0.2, 0.25) is 0 Å². The van der Waals surface area contributed by atoms with Crippen LogP contribution in [0.2, 0.25) is 0 Å². The summed E-state index contributed by atoms with van der Waals surface area (Å²) in [6.45, 7) is 22.8. The van der Waals surface area contributed by atoms with Gasteiger partial charge in [0, 0.05) is 65.8 Å². The van der Waals surface area contributed by atoms with Gasteiger partial charge in [-0.05, 0) is 122 Å². The Kier molecular flexibility index (Phi) is 8.97. The highest BCUT2D eigenvalue weighted by Crippen LogP contribution is 2.53. The van der Waals surface area contributed by atoms with Crippen LogP contribution < -0.4 is 9.80 Å². The molecule has 0 aliphatic heterocycles. The van der Waals surface area contributed by atoms with E-state index in [2.05, 4.69) is 258 Å². The van der Waals surface area contributed by atoms with Gasteiger partial charge in [-0.2, -0.15) is 0 Å². The molecule has 0 atom stereocenters. The molecule has 4 nitrogen and oxygen atoms in total. The maximum atomic E-state index is 2.64. The monoisotopic (exact) mass is 906 g/mol. The fourth-order valence-electron chi connectivity index (χ4n) is 11.9. The van der Waals surface area contributed by atoms with Gasteiger partial charge in [-0.1, -0.05) is 161 Å². The Hall–Kier alpha value is -7.82. The topological polar surface area (TPSA) is 15.3 Å². The van der Waals surface area contributed by atoms with Crippen molar-refractivity contribution in [3.63, 3.8) is 0 Å². The lowest BCUT2D eigenvalue weighted by Crippen LogP contribution is -2.12. The molecule has 4 heterocycles. The Labute approximate surface area is 410 Å². The van der Waals surface area contributed by atoms with Crippen LogP contribution in [0.4, 0.5) is 34.1 Å². The first-order chi connectivity index (χ1) is 33.7. The minimum atomic E-state index is -0.107. The lowest BCUT2D eigenvalue weighted by Gasteiger charge is -2.27. The molecule has 0 radical (unpaired) electrons. The van der Waals surface area contributed by atoms with Crippen LogP contribution in [-0.4, -0.2) is 8.80 Å². The minimum absolute atomic E-state index is 0.107. The van der Waals surface area contributed by atoms with Crippen LogP contribution >= 0.6 is 0 Å². The van der Waals surface area contributed by atoms with Gasteiger partial charge in [-0.3, -0.25) is 0 Å². The SMILES string of the molecule is Cc1ccc(N(c2ccc(C)cc2)c2ccc3c4cc5c(cc4n4c6c(C(C)(C)C)cccc6c2c34)c2ccc(N(c3ccc(C)cc3)c3ccc(C)cc3)c3c4cccc(C(C)(C)C)c4n5c23)cc1. The van der Waals surface area contributed by atoms with Crippen LogP contribution in [-0.2, 0) is 10.8 Å². The Morgan fingerprint density at radius 2 is 0.629 bits per heavy atom. The number of aromatic nitrogens is 2. The highest BCUT2D eigenvalue weighted by molar-refractivity contribution is 6.32. The van der Waals surface area contributed by atoms with E-state index in [1.807, 2.05) is 0 Å². The maximum absolute atomic E-state index is 2.64. The van der Waals surface area contributed by atoms with E-state index < -0.39 is 0 Å². The van der Waals surface area contributed by atoms with Crippen LogP contribution in [0.5, 0.6) is 0 Å². The highest BCUT2D eigenvalue weighted by atomic mass is 15.2. The second kappa shape index (κ2) is 14.8. The highest BCUT2D eigenvalue weighted by Gasteiger charge is 2.31. The third kappa shape index (κ3) is 6.08. The van der Waals surface area contributed by atoms with Crippen molar-refractivity contribution in [2.45, 2.75) is 80.1 Å². The van der Waals surface area contributed by atoms with Crippen LogP contribution in [0.15, 0.2) is 170 Å². The van der Waals surface area contributed by atoms with Gasteiger partial charge >= 0.3 is 0 Å². The fraction of sp³-hybridized carbons (Fsp3) is 0.182. The van der Waals surface area contributed by atoms with Gasteiger partial charge < -0.3 is 18.6 Å². The normalized spacial score (nSPS) is 12.7. The minimum Gasteiger partial charge on any atom is -0.310 e. The van der Waals surface area contributed by atoms with E-state index in [0.717, 1.165) is 22.7 Å². The zero-order chi connectivity index (χ0) is 48.1. The zero-order valence-corrected chi connectivity index (χ0v) is 42.0. The number of para-hydroxylation sites is 2. The molecule has 4 aromatic heterocycles. The van der Waals surface area contributed by atoms with Crippen LogP contribution in [0.3, 0.4) is 0 Å². The van der Waals surface area contributed by atoms with Crippen molar-refractivity contribution in [2.75, 3.05) is 9.80 Å². The number of benzene rings is 9. The Bertz CT molecular complexity index is 3820. The summed E-state index contributed by atoms with van der Waals surface area (Å²) in [6, 6.07) is 64.6. The summed E-state index contributed by atoms with van der Waals surface area (Å²) < 4.78 is 5.27. The molecule has 13 aromatic rings.